The number of anilines is 1. The lowest BCUT2D eigenvalue weighted by Crippen LogP contribution is -2.53. The number of carbonyl (C=O) groups excluding carboxylic acids is 4. The summed E-state index contributed by atoms with van der Waals surface area (Å²) in [6.45, 7) is 3.09. The van der Waals surface area contributed by atoms with E-state index in [1.807, 2.05) is 12.1 Å². The monoisotopic (exact) mass is 712 g/mol. The molecule has 3 fully saturated rings. The number of hydrogen-bond donors (Lipinski definition) is 3. The number of aromatic nitrogens is 3. The predicted molar refractivity (Wildman–Crippen MR) is 190 cm³/mol. The molecule has 2 aromatic carbocycles. The number of H-pyrrole nitrogens is 1. The number of likely N-dealkylation sites (tertiary alicyclic amines) is 1. The van der Waals surface area contributed by atoms with Gasteiger partial charge >= 0.3 is 0 Å². The molecule has 3 aliphatic heterocycles. The van der Waals surface area contributed by atoms with Crippen molar-refractivity contribution >= 4 is 40.2 Å². The number of imide groups is 1. The number of piperazine rings is 1. The van der Waals surface area contributed by atoms with Crippen molar-refractivity contribution in [3.63, 3.8) is 0 Å². The minimum absolute atomic E-state index is 0.00497. The van der Waals surface area contributed by atoms with Crippen molar-refractivity contribution in [3.8, 4) is 16.9 Å². The van der Waals surface area contributed by atoms with Gasteiger partial charge in [-0.15, -0.1) is 0 Å². The number of aryl methyl sites for hydroxylation is 1. The number of amides is 4. The second-order valence-electron chi connectivity index (χ2n) is 13.6. The zero-order valence-corrected chi connectivity index (χ0v) is 29.1. The maximum absolute atomic E-state index is 15.7. The van der Waals surface area contributed by atoms with Crippen molar-refractivity contribution in [3.05, 3.63) is 76.1 Å². The molecule has 3 aliphatic rings. The molecule has 0 radical (unpaired) electrons. The van der Waals surface area contributed by atoms with Crippen LogP contribution >= 0.6 is 0 Å². The third kappa shape index (κ3) is 7.00. The third-order valence-corrected chi connectivity index (χ3v) is 10.4. The molecule has 15 heteroatoms. The Kier molecular flexibility index (Phi) is 9.77. The van der Waals surface area contributed by atoms with Crippen molar-refractivity contribution < 1.29 is 28.3 Å². The zero-order chi connectivity index (χ0) is 36.5. The van der Waals surface area contributed by atoms with Gasteiger partial charge < -0.3 is 24.4 Å². The first-order chi connectivity index (χ1) is 25.1. The SMILES string of the molecule is COc1cc(-c2cn(C)c(=O)c3[nH]ncc23)cc(F)c1C(=O)N1CCN(C(=O)CN2CCC(c3ccc(NC4CCC(=O)NC4=O)cc3)CC2)CC1. The highest BCUT2D eigenvalue weighted by Crippen LogP contribution is 2.34. The topological polar surface area (TPSA) is 162 Å². The number of carbonyl (C=O) groups is 4. The summed E-state index contributed by atoms with van der Waals surface area (Å²) in [5.41, 5.74) is 2.90. The lowest BCUT2D eigenvalue weighted by molar-refractivity contribution is -0.135. The summed E-state index contributed by atoms with van der Waals surface area (Å²) >= 11 is 0. The highest BCUT2D eigenvalue weighted by Gasteiger charge is 2.31. The Labute approximate surface area is 298 Å². The molecule has 52 heavy (non-hydrogen) atoms. The predicted octanol–water partition coefficient (Wildman–Crippen LogP) is 2.46. The Bertz CT molecular complexity index is 2080. The fourth-order valence-corrected chi connectivity index (χ4v) is 7.40. The highest BCUT2D eigenvalue weighted by molar-refractivity contribution is 6.01. The van der Waals surface area contributed by atoms with Crippen LogP contribution in [-0.4, -0.2) is 112 Å². The fraction of sp³-hybridized carbons (Fsp3) is 0.405. The fourth-order valence-electron chi connectivity index (χ4n) is 7.40. The Balaban J connectivity index is 0.907. The smallest absolute Gasteiger partial charge is 0.276 e. The Morgan fingerprint density at radius 2 is 1.69 bits per heavy atom. The van der Waals surface area contributed by atoms with Crippen molar-refractivity contribution in [2.75, 3.05) is 58.2 Å². The number of aromatic amines is 1. The van der Waals surface area contributed by atoms with E-state index < -0.39 is 17.8 Å². The summed E-state index contributed by atoms with van der Waals surface area (Å²) in [6, 6.07) is 10.5. The quantitative estimate of drug-likeness (QED) is 0.233. The molecular weight excluding hydrogens is 671 g/mol. The molecule has 14 nitrogen and oxygen atoms in total. The van der Waals surface area contributed by atoms with Crippen LogP contribution in [0.15, 0.2) is 53.6 Å². The number of nitrogens with zero attached hydrogens (tertiary/aromatic N) is 5. The van der Waals surface area contributed by atoms with E-state index >= 15 is 4.39 Å². The molecule has 3 N–H and O–H groups in total. The Hall–Kier alpha value is -5.57. The number of halogens is 1. The number of nitrogens with one attached hydrogen (secondary N) is 3. The van der Waals surface area contributed by atoms with Crippen molar-refractivity contribution in [1.82, 2.24) is 34.8 Å². The summed E-state index contributed by atoms with van der Waals surface area (Å²) in [6.07, 6.45) is 5.72. The van der Waals surface area contributed by atoms with Crippen LogP contribution in [0.1, 0.15) is 47.5 Å². The first-order valence-corrected chi connectivity index (χ1v) is 17.5. The van der Waals surface area contributed by atoms with Crippen LogP contribution in [0, 0.1) is 5.82 Å². The second-order valence-corrected chi connectivity index (χ2v) is 13.6. The second kappa shape index (κ2) is 14.6. The molecule has 0 aliphatic carbocycles. The summed E-state index contributed by atoms with van der Waals surface area (Å²) < 4.78 is 22.6. The van der Waals surface area contributed by atoms with E-state index in [1.165, 1.54) is 29.5 Å². The molecule has 272 valence electrons. The molecule has 5 heterocycles. The molecule has 4 aromatic rings. The van der Waals surface area contributed by atoms with Crippen molar-refractivity contribution in [1.29, 1.82) is 0 Å². The molecule has 2 aromatic heterocycles. The Morgan fingerprint density at radius 3 is 2.38 bits per heavy atom. The normalized spacial score (nSPS) is 18.8. The number of rotatable bonds is 8. The van der Waals surface area contributed by atoms with Crippen LogP contribution in [0.3, 0.4) is 0 Å². The first kappa shape index (κ1) is 34.9. The van der Waals surface area contributed by atoms with E-state index in [4.69, 9.17) is 4.74 Å². The number of piperidine rings is 2. The molecule has 0 saturated carbocycles. The van der Waals surface area contributed by atoms with Gasteiger partial charge in [-0.05, 0) is 73.7 Å². The number of fused-ring (bicyclic) bond motifs is 1. The summed E-state index contributed by atoms with van der Waals surface area (Å²) in [4.78, 5) is 68.3. The third-order valence-electron chi connectivity index (χ3n) is 10.4. The van der Waals surface area contributed by atoms with Gasteiger partial charge in [0.2, 0.25) is 17.7 Å². The largest absolute Gasteiger partial charge is 0.496 e. The number of hydrogen-bond acceptors (Lipinski definition) is 9. The molecule has 0 spiro atoms. The summed E-state index contributed by atoms with van der Waals surface area (Å²) in [5.74, 6) is -1.34. The van der Waals surface area contributed by atoms with E-state index in [1.54, 1.807) is 29.1 Å². The summed E-state index contributed by atoms with van der Waals surface area (Å²) in [5, 5.41) is 12.8. The molecule has 1 atom stereocenters. The minimum Gasteiger partial charge on any atom is -0.496 e. The number of pyridine rings is 1. The van der Waals surface area contributed by atoms with Gasteiger partial charge in [-0.25, -0.2) is 4.39 Å². The molecule has 4 amide bonds. The first-order valence-electron chi connectivity index (χ1n) is 17.5. The van der Waals surface area contributed by atoms with Crippen molar-refractivity contribution in [2.45, 2.75) is 37.6 Å². The standard InChI is InChI=1S/C37H41FN8O6/c1-43-20-27(26-19-39-42-34(26)37(43)51)24-17-28(38)33(30(18-24)52-2)36(50)46-15-13-45(14-16-46)32(48)21-44-11-9-23(10-12-44)22-3-5-25(6-4-22)40-29-7-8-31(47)41-35(29)49/h3-6,17-20,23,29,40H,7-16,21H2,1-2H3,(H,39,42)(H,41,47,49). The van der Waals surface area contributed by atoms with E-state index in [-0.39, 0.29) is 47.7 Å². The maximum atomic E-state index is 15.7. The van der Waals surface area contributed by atoms with E-state index in [0.29, 0.717) is 60.4 Å². The van der Waals surface area contributed by atoms with Crippen LogP contribution in [0.2, 0.25) is 0 Å². The average molecular weight is 713 g/mol. The highest BCUT2D eigenvalue weighted by atomic mass is 19.1. The Morgan fingerprint density at radius 1 is 0.981 bits per heavy atom. The number of methoxy groups -OCH3 is 1. The van der Waals surface area contributed by atoms with Gasteiger partial charge in [-0.2, -0.15) is 5.10 Å². The van der Waals surface area contributed by atoms with E-state index in [0.717, 1.165) is 31.6 Å². The number of ether oxygens (including phenoxy) is 1. The number of benzene rings is 2. The maximum Gasteiger partial charge on any atom is 0.276 e. The van der Waals surface area contributed by atoms with E-state index in [9.17, 15) is 24.0 Å². The molecule has 0 bridgehead atoms. The van der Waals surface area contributed by atoms with E-state index in [2.05, 4.69) is 37.9 Å². The van der Waals surface area contributed by atoms with Gasteiger partial charge in [0.25, 0.3) is 11.5 Å². The van der Waals surface area contributed by atoms with Gasteiger partial charge in [0.05, 0.1) is 19.9 Å². The van der Waals surface area contributed by atoms with Crippen LogP contribution < -0.4 is 20.9 Å². The minimum atomic E-state index is -0.744. The van der Waals surface area contributed by atoms with Gasteiger partial charge in [0.15, 0.2) is 0 Å². The zero-order valence-electron chi connectivity index (χ0n) is 29.1. The van der Waals surface area contributed by atoms with Crippen LogP contribution in [-0.2, 0) is 21.4 Å². The van der Waals surface area contributed by atoms with Gasteiger partial charge in [0, 0.05) is 62.5 Å². The lowest BCUT2D eigenvalue weighted by atomic mass is 9.89. The molecule has 7 rings (SSSR count). The van der Waals surface area contributed by atoms with Crippen LogP contribution in [0.25, 0.3) is 22.0 Å². The average Bonchev–Trinajstić information content (AvgIpc) is 3.65. The molecule has 3 saturated heterocycles. The molecular formula is C37H41FN8O6. The van der Waals surface area contributed by atoms with Gasteiger partial charge in [-0.1, -0.05) is 12.1 Å². The van der Waals surface area contributed by atoms with Crippen molar-refractivity contribution in [2.24, 2.45) is 7.05 Å². The van der Waals surface area contributed by atoms with Gasteiger partial charge in [-0.3, -0.25) is 39.3 Å². The lowest BCUT2D eigenvalue weighted by Gasteiger charge is -2.37. The van der Waals surface area contributed by atoms with Crippen LogP contribution in [0.5, 0.6) is 5.75 Å². The molecule has 1 unspecified atom stereocenters. The van der Waals surface area contributed by atoms with Gasteiger partial charge in [0.1, 0.15) is 28.7 Å². The summed E-state index contributed by atoms with van der Waals surface area (Å²) in [7, 11) is 2.97. The van der Waals surface area contributed by atoms with Crippen LogP contribution in [0.4, 0.5) is 10.1 Å².